The Morgan fingerprint density at radius 3 is 2.14 bits per heavy atom. The molecule has 0 radical (unpaired) electrons. The zero-order valence-corrected chi connectivity index (χ0v) is 18.7. The number of piperazine rings is 1. The van der Waals surface area contributed by atoms with Crippen LogP contribution in [-0.4, -0.2) is 55.7 Å². The summed E-state index contributed by atoms with van der Waals surface area (Å²) in [4.78, 5) is 16.6. The number of nitrogens with one attached hydrogen (secondary N) is 1. The van der Waals surface area contributed by atoms with Crippen molar-refractivity contribution in [1.82, 2.24) is 10.2 Å². The maximum Gasteiger partial charge on any atom is 0.248 e. The first kappa shape index (κ1) is 22.7. The summed E-state index contributed by atoms with van der Waals surface area (Å²) in [6.07, 6.45) is 0.968. The van der Waals surface area contributed by atoms with Gasteiger partial charge < -0.3 is 19.9 Å². The minimum atomic E-state index is 0.108. The first-order chi connectivity index (χ1) is 13.0. The summed E-state index contributed by atoms with van der Waals surface area (Å²) in [5.41, 5.74) is 2.89. The van der Waals surface area contributed by atoms with Crippen LogP contribution in [0, 0.1) is 5.41 Å². The van der Waals surface area contributed by atoms with Crippen LogP contribution in [0.15, 0.2) is 24.3 Å². The van der Waals surface area contributed by atoms with Gasteiger partial charge in [0.05, 0.1) is 0 Å². The minimum Gasteiger partial charge on any atom is -0.372 e. The Morgan fingerprint density at radius 1 is 1.00 bits per heavy atom. The van der Waals surface area contributed by atoms with E-state index in [9.17, 15) is 4.79 Å². The third-order valence-corrected chi connectivity index (χ3v) is 4.98. The highest BCUT2D eigenvalue weighted by atomic mass is 16.5. The standard InChI is InChI=1S/C23H39N3O2/c1-22(2,3)11-16-28-18-21(27)26-14-12-25(13-15-26)20-9-7-19(8-10-20)17-24-23(4,5)6/h7-10,24H,11-18H2,1-6H3. The summed E-state index contributed by atoms with van der Waals surface area (Å²) < 4.78 is 5.59. The number of hydrogen-bond donors (Lipinski definition) is 1. The largest absolute Gasteiger partial charge is 0.372 e. The average molecular weight is 390 g/mol. The molecule has 5 heteroatoms. The maximum atomic E-state index is 12.3. The van der Waals surface area contributed by atoms with E-state index in [0.717, 1.165) is 39.1 Å². The number of amides is 1. The van der Waals surface area contributed by atoms with Crippen molar-refractivity contribution in [2.75, 3.05) is 44.3 Å². The first-order valence-corrected chi connectivity index (χ1v) is 10.5. The normalized spacial score (nSPS) is 15.8. The van der Waals surface area contributed by atoms with Gasteiger partial charge in [-0.05, 0) is 50.3 Å². The Morgan fingerprint density at radius 2 is 1.61 bits per heavy atom. The van der Waals surface area contributed by atoms with Crippen LogP contribution in [0.1, 0.15) is 53.5 Å². The second-order valence-corrected chi connectivity index (χ2v) is 10.0. The van der Waals surface area contributed by atoms with Gasteiger partial charge in [-0.3, -0.25) is 4.79 Å². The number of hydrogen-bond acceptors (Lipinski definition) is 4. The lowest BCUT2D eigenvalue weighted by molar-refractivity contribution is -0.136. The van der Waals surface area contributed by atoms with Crippen molar-refractivity contribution in [3.8, 4) is 0 Å². The van der Waals surface area contributed by atoms with E-state index < -0.39 is 0 Å². The molecule has 1 aromatic carbocycles. The van der Waals surface area contributed by atoms with E-state index in [2.05, 4.69) is 76.0 Å². The van der Waals surface area contributed by atoms with E-state index in [-0.39, 0.29) is 23.5 Å². The number of ether oxygens (including phenoxy) is 1. The molecule has 0 spiro atoms. The van der Waals surface area contributed by atoms with E-state index in [1.807, 2.05) is 4.90 Å². The lowest BCUT2D eigenvalue weighted by Gasteiger charge is -2.36. The molecule has 1 saturated heterocycles. The molecule has 1 amide bonds. The maximum absolute atomic E-state index is 12.3. The number of nitrogens with zero attached hydrogens (tertiary/aromatic N) is 2. The van der Waals surface area contributed by atoms with Gasteiger partial charge in [0.1, 0.15) is 6.61 Å². The van der Waals surface area contributed by atoms with Gasteiger partial charge >= 0.3 is 0 Å². The van der Waals surface area contributed by atoms with Crippen LogP contribution in [0.5, 0.6) is 0 Å². The van der Waals surface area contributed by atoms with Gasteiger partial charge in [0.15, 0.2) is 0 Å². The van der Waals surface area contributed by atoms with Gasteiger partial charge in [-0.2, -0.15) is 0 Å². The summed E-state index contributed by atoms with van der Waals surface area (Å²) in [7, 11) is 0. The smallest absolute Gasteiger partial charge is 0.248 e. The fourth-order valence-electron chi connectivity index (χ4n) is 3.04. The van der Waals surface area contributed by atoms with Crippen molar-refractivity contribution in [1.29, 1.82) is 0 Å². The van der Waals surface area contributed by atoms with Gasteiger partial charge in [0.2, 0.25) is 5.91 Å². The number of carbonyl (C=O) groups excluding carboxylic acids is 1. The fourth-order valence-corrected chi connectivity index (χ4v) is 3.04. The van der Waals surface area contributed by atoms with Crippen molar-refractivity contribution < 1.29 is 9.53 Å². The van der Waals surface area contributed by atoms with E-state index >= 15 is 0 Å². The van der Waals surface area contributed by atoms with Gasteiger partial charge in [0.25, 0.3) is 0 Å². The van der Waals surface area contributed by atoms with Crippen LogP contribution >= 0.6 is 0 Å². The predicted octanol–water partition coefficient (Wildman–Crippen LogP) is 3.68. The van der Waals surface area contributed by atoms with Gasteiger partial charge in [-0.15, -0.1) is 0 Å². The molecular weight excluding hydrogens is 350 g/mol. The van der Waals surface area contributed by atoms with Crippen molar-refractivity contribution in [2.24, 2.45) is 5.41 Å². The van der Waals surface area contributed by atoms with Crippen molar-refractivity contribution in [2.45, 2.75) is 60.0 Å². The minimum absolute atomic E-state index is 0.108. The molecule has 5 nitrogen and oxygen atoms in total. The van der Waals surface area contributed by atoms with E-state index in [4.69, 9.17) is 4.74 Å². The molecule has 158 valence electrons. The molecule has 1 aliphatic heterocycles. The fraction of sp³-hybridized carbons (Fsp3) is 0.696. The SMILES string of the molecule is CC(C)(C)CCOCC(=O)N1CCN(c2ccc(CNC(C)(C)C)cc2)CC1. The lowest BCUT2D eigenvalue weighted by atomic mass is 9.93. The molecule has 0 aromatic heterocycles. The Hall–Kier alpha value is -1.59. The van der Waals surface area contributed by atoms with Crippen LogP contribution < -0.4 is 10.2 Å². The third kappa shape index (κ3) is 8.19. The molecule has 0 atom stereocenters. The average Bonchev–Trinajstić information content (AvgIpc) is 2.63. The van der Waals surface area contributed by atoms with Crippen LogP contribution in [0.25, 0.3) is 0 Å². The monoisotopic (exact) mass is 389 g/mol. The number of rotatable bonds is 7. The molecular formula is C23H39N3O2. The van der Waals surface area contributed by atoms with E-state index in [0.29, 0.717) is 6.61 Å². The van der Waals surface area contributed by atoms with Gasteiger partial charge in [-0.1, -0.05) is 32.9 Å². The number of anilines is 1. The van der Waals surface area contributed by atoms with Crippen molar-refractivity contribution >= 4 is 11.6 Å². The molecule has 1 heterocycles. The topological polar surface area (TPSA) is 44.8 Å². The molecule has 1 aliphatic rings. The Kier molecular flexibility index (Phi) is 7.90. The second kappa shape index (κ2) is 9.75. The number of benzene rings is 1. The van der Waals surface area contributed by atoms with Crippen molar-refractivity contribution in [3.63, 3.8) is 0 Å². The third-order valence-electron chi connectivity index (χ3n) is 4.98. The molecule has 0 saturated carbocycles. The molecule has 1 fully saturated rings. The Balaban J connectivity index is 1.73. The molecule has 1 N–H and O–H groups in total. The van der Waals surface area contributed by atoms with E-state index in [1.54, 1.807) is 0 Å². The Bertz CT molecular complexity index is 606. The van der Waals surface area contributed by atoms with Crippen molar-refractivity contribution in [3.05, 3.63) is 29.8 Å². The van der Waals surface area contributed by atoms with Crippen LogP contribution in [-0.2, 0) is 16.1 Å². The van der Waals surface area contributed by atoms with E-state index in [1.165, 1.54) is 11.3 Å². The molecule has 28 heavy (non-hydrogen) atoms. The summed E-state index contributed by atoms with van der Waals surface area (Å²) in [5.74, 6) is 0.108. The molecule has 0 bridgehead atoms. The summed E-state index contributed by atoms with van der Waals surface area (Å²) in [5, 5.41) is 3.51. The lowest BCUT2D eigenvalue weighted by Crippen LogP contribution is -2.49. The predicted molar refractivity (Wildman–Crippen MR) is 117 cm³/mol. The van der Waals surface area contributed by atoms with Crippen LogP contribution in [0.4, 0.5) is 5.69 Å². The Labute approximate surface area is 171 Å². The zero-order valence-electron chi connectivity index (χ0n) is 18.7. The second-order valence-electron chi connectivity index (χ2n) is 10.0. The van der Waals surface area contributed by atoms with Crippen LogP contribution in [0.2, 0.25) is 0 Å². The molecule has 1 aromatic rings. The highest BCUT2D eigenvalue weighted by Gasteiger charge is 2.21. The van der Waals surface area contributed by atoms with Crippen LogP contribution in [0.3, 0.4) is 0 Å². The zero-order chi connectivity index (χ0) is 20.8. The highest BCUT2D eigenvalue weighted by Crippen LogP contribution is 2.19. The van der Waals surface area contributed by atoms with Gasteiger partial charge in [-0.25, -0.2) is 0 Å². The quantitative estimate of drug-likeness (QED) is 0.723. The summed E-state index contributed by atoms with van der Waals surface area (Å²) in [6.45, 7) is 18.1. The summed E-state index contributed by atoms with van der Waals surface area (Å²) >= 11 is 0. The van der Waals surface area contributed by atoms with Gasteiger partial charge in [0, 0.05) is 50.6 Å². The summed E-state index contributed by atoms with van der Waals surface area (Å²) in [6, 6.07) is 8.75. The molecule has 0 unspecified atom stereocenters. The number of carbonyl (C=O) groups is 1. The molecule has 2 rings (SSSR count). The molecule has 0 aliphatic carbocycles. The highest BCUT2D eigenvalue weighted by molar-refractivity contribution is 5.77. The first-order valence-electron chi connectivity index (χ1n) is 10.5.